The Labute approximate surface area is 189 Å². The Hall–Kier alpha value is -2.79. The second-order valence-electron chi connectivity index (χ2n) is 8.66. The number of hydrogen-bond donors (Lipinski definition) is 0. The number of carbonyl (C=O) groups excluding carboxylic acids is 1. The summed E-state index contributed by atoms with van der Waals surface area (Å²) in [6.07, 6.45) is 2.08. The van der Waals surface area contributed by atoms with Gasteiger partial charge in [-0.2, -0.15) is 5.10 Å². The Balaban J connectivity index is 1.77. The van der Waals surface area contributed by atoms with Gasteiger partial charge in [0.2, 0.25) is 0 Å². The summed E-state index contributed by atoms with van der Waals surface area (Å²) in [5.41, 5.74) is 3.82. The smallest absolute Gasteiger partial charge is 0.254 e. The minimum absolute atomic E-state index is 0.0473. The first-order valence-corrected chi connectivity index (χ1v) is 11.2. The predicted octanol–water partition coefficient (Wildman–Crippen LogP) is 5.52. The van der Waals surface area contributed by atoms with Crippen LogP contribution in [0.2, 0.25) is 5.02 Å². The fraction of sp³-hybridized carbons (Fsp3) is 0.360. The van der Waals surface area contributed by atoms with Crippen LogP contribution in [0.5, 0.6) is 0 Å². The molecule has 1 saturated carbocycles. The third-order valence-corrected chi connectivity index (χ3v) is 5.88. The van der Waals surface area contributed by atoms with Gasteiger partial charge in [-0.3, -0.25) is 4.79 Å². The van der Waals surface area contributed by atoms with E-state index in [0.717, 1.165) is 35.6 Å². The third kappa shape index (κ3) is 4.47. The topological polar surface area (TPSA) is 41.4 Å². The highest BCUT2D eigenvalue weighted by Gasteiger charge is 2.35. The lowest BCUT2D eigenvalue weighted by molar-refractivity contribution is 0.0729. The van der Waals surface area contributed by atoms with Gasteiger partial charge >= 0.3 is 0 Å². The van der Waals surface area contributed by atoms with Crippen LogP contribution in [0, 0.1) is 0 Å². The van der Waals surface area contributed by atoms with E-state index in [1.54, 1.807) is 12.1 Å². The van der Waals surface area contributed by atoms with Crippen molar-refractivity contribution in [1.82, 2.24) is 14.7 Å². The zero-order valence-electron chi connectivity index (χ0n) is 18.5. The minimum atomic E-state index is 0.0473. The van der Waals surface area contributed by atoms with E-state index in [9.17, 15) is 4.79 Å². The zero-order chi connectivity index (χ0) is 22.1. The lowest BCUT2D eigenvalue weighted by Gasteiger charge is -2.25. The summed E-state index contributed by atoms with van der Waals surface area (Å²) in [6.45, 7) is 4.85. The van der Waals surface area contributed by atoms with Crippen molar-refractivity contribution in [2.75, 3.05) is 19.0 Å². The SMILES string of the molecule is CC(C)c1nn(-c2ccccc2)c(N(C)C)c1CN(C(=O)c1ccc(Cl)cc1)C1CC1. The summed E-state index contributed by atoms with van der Waals surface area (Å²) in [5, 5.41) is 5.63. The van der Waals surface area contributed by atoms with Gasteiger partial charge in [0.1, 0.15) is 5.82 Å². The van der Waals surface area contributed by atoms with Gasteiger partial charge in [0.25, 0.3) is 5.91 Å². The molecule has 5 nitrogen and oxygen atoms in total. The van der Waals surface area contributed by atoms with Crippen molar-refractivity contribution >= 4 is 23.3 Å². The number of hydrogen-bond acceptors (Lipinski definition) is 3. The molecular formula is C25H29ClN4O. The molecule has 31 heavy (non-hydrogen) atoms. The maximum absolute atomic E-state index is 13.4. The Bertz CT molecular complexity index is 1050. The number of anilines is 1. The summed E-state index contributed by atoms with van der Waals surface area (Å²) in [5.74, 6) is 1.31. The average Bonchev–Trinajstić information content (AvgIpc) is 3.52. The van der Waals surface area contributed by atoms with Gasteiger partial charge in [0.05, 0.1) is 17.9 Å². The maximum Gasteiger partial charge on any atom is 0.254 e. The van der Waals surface area contributed by atoms with Crippen molar-refractivity contribution < 1.29 is 4.79 Å². The molecule has 1 heterocycles. The molecule has 1 aromatic heterocycles. The first-order valence-electron chi connectivity index (χ1n) is 10.8. The van der Waals surface area contributed by atoms with Gasteiger partial charge in [-0.15, -0.1) is 0 Å². The van der Waals surface area contributed by atoms with Crippen LogP contribution >= 0.6 is 11.6 Å². The van der Waals surface area contributed by atoms with Crippen molar-refractivity contribution in [3.05, 3.63) is 76.4 Å². The van der Waals surface area contributed by atoms with Crippen molar-refractivity contribution in [1.29, 1.82) is 0 Å². The molecule has 6 heteroatoms. The molecule has 0 spiro atoms. The second kappa shape index (κ2) is 8.75. The van der Waals surface area contributed by atoms with Gasteiger partial charge in [-0.25, -0.2) is 4.68 Å². The standard InChI is InChI=1S/C25H29ClN4O/c1-17(2)23-22(24(28(3)4)30(27-23)21-8-6-5-7-9-21)16-29(20-14-15-20)25(31)18-10-12-19(26)13-11-18/h5-13,17,20H,14-16H2,1-4H3. The molecular weight excluding hydrogens is 408 g/mol. The number of rotatable bonds is 7. The first-order chi connectivity index (χ1) is 14.9. The van der Waals surface area contributed by atoms with E-state index in [-0.39, 0.29) is 17.9 Å². The number of benzene rings is 2. The Morgan fingerprint density at radius 1 is 1.10 bits per heavy atom. The molecule has 0 atom stereocenters. The van der Waals surface area contributed by atoms with Gasteiger partial charge in [-0.05, 0) is 55.2 Å². The van der Waals surface area contributed by atoms with E-state index in [1.165, 1.54) is 0 Å². The highest BCUT2D eigenvalue weighted by Crippen LogP contribution is 2.36. The molecule has 0 aliphatic heterocycles. The predicted molar refractivity (Wildman–Crippen MR) is 126 cm³/mol. The molecule has 4 rings (SSSR count). The van der Waals surface area contributed by atoms with E-state index in [4.69, 9.17) is 16.7 Å². The van der Waals surface area contributed by atoms with E-state index in [0.29, 0.717) is 17.1 Å². The van der Waals surface area contributed by atoms with Crippen LogP contribution < -0.4 is 4.90 Å². The van der Waals surface area contributed by atoms with Crippen molar-refractivity contribution in [3.63, 3.8) is 0 Å². The Morgan fingerprint density at radius 2 is 1.74 bits per heavy atom. The molecule has 2 aromatic carbocycles. The monoisotopic (exact) mass is 436 g/mol. The molecule has 162 valence electrons. The molecule has 1 aliphatic carbocycles. The first kappa shape index (κ1) is 21.4. The van der Waals surface area contributed by atoms with E-state index in [1.807, 2.05) is 54.0 Å². The molecule has 0 bridgehead atoms. The molecule has 1 aliphatic rings. The number of amides is 1. The fourth-order valence-electron chi connectivity index (χ4n) is 3.96. The molecule has 0 unspecified atom stereocenters. The minimum Gasteiger partial charge on any atom is -0.362 e. The van der Waals surface area contributed by atoms with Gasteiger partial charge < -0.3 is 9.80 Å². The van der Waals surface area contributed by atoms with Gasteiger partial charge in [0.15, 0.2) is 0 Å². The molecule has 0 radical (unpaired) electrons. The van der Waals surface area contributed by atoms with E-state index >= 15 is 0 Å². The number of para-hydroxylation sites is 1. The number of halogens is 1. The lowest BCUT2D eigenvalue weighted by atomic mass is 10.0. The number of carbonyl (C=O) groups is 1. The molecule has 3 aromatic rings. The van der Waals surface area contributed by atoms with Crippen molar-refractivity contribution in [3.8, 4) is 5.69 Å². The number of aromatic nitrogens is 2. The quantitative estimate of drug-likeness (QED) is 0.489. The van der Waals surface area contributed by atoms with E-state index < -0.39 is 0 Å². The van der Waals surface area contributed by atoms with Crippen LogP contribution in [0.15, 0.2) is 54.6 Å². The number of nitrogens with zero attached hydrogens (tertiary/aromatic N) is 4. The maximum atomic E-state index is 13.4. The van der Waals surface area contributed by atoms with Crippen LogP contribution in [-0.2, 0) is 6.54 Å². The van der Waals surface area contributed by atoms with Crippen LogP contribution in [0.1, 0.15) is 54.2 Å². The Kier molecular flexibility index (Phi) is 6.05. The molecule has 1 amide bonds. The van der Waals surface area contributed by atoms with Gasteiger partial charge in [0, 0.05) is 36.3 Å². The van der Waals surface area contributed by atoms with Crippen molar-refractivity contribution in [2.45, 2.75) is 45.2 Å². The largest absolute Gasteiger partial charge is 0.362 e. The zero-order valence-corrected chi connectivity index (χ0v) is 19.3. The summed E-state index contributed by atoms with van der Waals surface area (Å²) in [4.78, 5) is 17.5. The fourth-order valence-corrected chi connectivity index (χ4v) is 4.09. The van der Waals surface area contributed by atoms with Crippen LogP contribution in [0.25, 0.3) is 5.69 Å². The summed E-state index contributed by atoms with van der Waals surface area (Å²) in [7, 11) is 4.07. The molecule has 0 N–H and O–H groups in total. The van der Waals surface area contributed by atoms with Crippen LogP contribution in [0.4, 0.5) is 5.82 Å². The third-order valence-electron chi connectivity index (χ3n) is 5.63. The summed E-state index contributed by atoms with van der Waals surface area (Å²) >= 11 is 6.03. The van der Waals surface area contributed by atoms with Crippen LogP contribution in [-0.4, -0.2) is 40.7 Å². The summed E-state index contributed by atoms with van der Waals surface area (Å²) in [6, 6.07) is 17.6. The Morgan fingerprint density at radius 3 is 2.29 bits per heavy atom. The van der Waals surface area contributed by atoms with E-state index in [2.05, 4.69) is 30.9 Å². The average molecular weight is 437 g/mol. The molecule has 1 fully saturated rings. The molecule has 0 saturated heterocycles. The highest BCUT2D eigenvalue weighted by molar-refractivity contribution is 6.30. The van der Waals surface area contributed by atoms with Gasteiger partial charge in [-0.1, -0.05) is 43.6 Å². The summed E-state index contributed by atoms with van der Waals surface area (Å²) < 4.78 is 2.00. The normalized spacial score (nSPS) is 13.5. The van der Waals surface area contributed by atoms with Crippen LogP contribution in [0.3, 0.4) is 0 Å². The lowest BCUT2D eigenvalue weighted by Crippen LogP contribution is -2.33. The highest BCUT2D eigenvalue weighted by atomic mass is 35.5. The van der Waals surface area contributed by atoms with Crippen molar-refractivity contribution in [2.24, 2.45) is 0 Å². The second-order valence-corrected chi connectivity index (χ2v) is 9.09.